The molecule has 0 aliphatic carbocycles. The predicted octanol–water partition coefficient (Wildman–Crippen LogP) is 1.47. The van der Waals surface area contributed by atoms with Crippen molar-refractivity contribution in [1.82, 2.24) is 4.72 Å². The fourth-order valence-electron chi connectivity index (χ4n) is 1.71. The lowest BCUT2D eigenvalue weighted by atomic mass is 10.2. The van der Waals surface area contributed by atoms with E-state index in [4.69, 9.17) is 14.6 Å². The van der Waals surface area contributed by atoms with E-state index in [1.54, 1.807) is 12.1 Å². The van der Waals surface area contributed by atoms with Crippen molar-refractivity contribution in [3.8, 4) is 5.75 Å². The average Bonchev–Trinajstić information content (AvgIpc) is 2.81. The number of phenols is 1. The maximum atomic E-state index is 12.1. The largest absolute Gasteiger partial charge is 0.508 e. The second kappa shape index (κ2) is 5.58. The smallest absolute Gasteiger partial charge is 0.371 e. The van der Waals surface area contributed by atoms with Gasteiger partial charge in [-0.25, -0.2) is 17.9 Å². The summed E-state index contributed by atoms with van der Waals surface area (Å²) in [6.45, 7) is 1.39. The zero-order valence-corrected chi connectivity index (χ0v) is 11.8. The van der Waals surface area contributed by atoms with Crippen molar-refractivity contribution in [3.63, 3.8) is 0 Å². The summed E-state index contributed by atoms with van der Waals surface area (Å²) in [5.41, 5.74) is 0.649. The number of sulfonamides is 1. The first-order valence-electron chi connectivity index (χ1n) is 5.91. The van der Waals surface area contributed by atoms with Crippen LogP contribution < -0.4 is 4.72 Å². The minimum Gasteiger partial charge on any atom is -0.508 e. The maximum absolute atomic E-state index is 12.1. The molecule has 21 heavy (non-hydrogen) atoms. The molecule has 0 fully saturated rings. The molecule has 1 aromatic heterocycles. The topological polar surface area (TPSA) is 117 Å². The van der Waals surface area contributed by atoms with E-state index in [1.165, 1.54) is 19.1 Å². The molecule has 0 bridgehead atoms. The van der Waals surface area contributed by atoms with Gasteiger partial charge in [0.2, 0.25) is 15.8 Å². The third-order valence-electron chi connectivity index (χ3n) is 2.78. The van der Waals surface area contributed by atoms with Crippen LogP contribution in [-0.2, 0) is 16.6 Å². The molecule has 2 rings (SSSR count). The summed E-state index contributed by atoms with van der Waals surface area (Å²) in [4.78, 5) is 10.6. The molecule has 8 heteroatoms. The van der Waals surface area contributed by atoms with Crippen LogP contribution in [0.3, 0.4) is 0 Å². The Kier molecular flexibility index (Phi) is 4.01. The van der Waals surface area contributed by atoms with Crippen molar-refractivity contribution < 1.29 is 27.8 Å². The molecule has 0 saturated heterocycles. The molecule has 112 valence electrons. The summed E-state index contributed by atoms with van der Waals surface area (Å²) in [6, 6.07) is 6.99. The first-order chi connectivity index (χ1) is 9.79. The van der Waals surface area contributed by atoms with Crippen molar-refractivity contribution in [2.45, 2.75) is 18.4 Å². The van der Waals surface area contributed by atoms with Crippen molar-refractivity contribution in [1.29, 1.82) is 0 Å². The number of hydrogen-bond donors (Lipinski definition) is 3. The fourth-order valence-corrected chi connectivity index (χ4v) is 2.90. The summed E-state index contributed by atoms with van der Waals surface area (Å²) in [5, 5.41) is 17.9. The molecule has 1 aromatic carbocycles. The van der Waals surface area contributed by atoms with Gasteiger partial charge in [-0.15, -0.1) is 0 Å². The van der Waals surface area contributed by atoms with Gasteiger partial charge in [0.05, 0.1) is 0 Å². The monoisotopic (exact) mass is 311 g/mol. The lowest BCUT2D eigenvalue weighted by molar-refractivity contribution is 0.0661. The van der Waals surface area contributed by atoms with E-state index in [1.807, 2.05) is 0 Å². The van der Waals surface area contributed by atoms with Gasteiger partial charge >= 0.3 is 5.97 Å². The van der Waals surface area contributed by atoms with Gasteiger partial charge in [-0.1, -0.05) is 12.1 Å². The molecule has 0 amide bonds. The van der Waals surface area contributed by atoms with Gasteiger partial charge in [-0.05, 0) is 24.6 Å². The second-order valence-corrected chi connectivity index (χ2v) is 6.06. The molecule has 1 heterocycles. The number of aryl methyl sites for hydroxylation is 1. The van der Waals surface area contributed by atoms with Crippen LogP contribution in [0.5, 0.6) is 5.75 Å². The maximum Gasteiger partial charge on any atom is 0.371 e. The van der Waals surface area contributed by atoms with Crippen LogP contribution in [0, 0.1) is 6.92 Å². The number of carboxylic acids is 1. The third kappa shape index (κ3) is 3.41. The molecule has 3 N–H and O–H groups in total. The quantitative estimate of drug-likeness (QED) is 0.770. The molecule has 0 unspecified atom stereocenters. The van der Waals surface area contributed by atoms with Gasteiger partial charge in [0.1, 0.15) is 16.4 Å². The Morgan fingerprint density at radius 1 is 1.29 bits per heavy atom. The lowest BCUT2D eigenvalue weighted by Gasteiger charge is -2.05. The minimum absolute atomic E-state index is 0.00519. The van der Waals surface area contributed by atoms with E-state index in [0.29, 0.717) is 5.56 Å². The van der Waals surface area contributed by atoms with Crippen molar-refractivity contribution in [3.05, 3.63) is 47.4 Å². The van der Waals surface area contributed by atoms with Crippen molar-refractivity contribution in [2.75, 3.05) is 0 Å². The molecule has 0 radical (unpaired) electrons. The van der Waals surface area contributed by atoms with Gasteiger partial charge in [-0.2, -0.15) is 0 Å². The number of carbonyl (C=O) groups is 1. The van der Waals surface area contributed by atoms with Gasteiger partial charge < -0.3 is 14.6 Å². The van der Waals surface area contributed by atoms with E-state index in [-0.39, 0.29) is 22.9 Å². The Bertz CT molecular complexity index is 760. The van der Waals surface area contributed by atoms with Crippen LogP contribution in [-0.4, -0.2) is 24.6 Å². The van der Waals surface area contributed by atoms with E-state index in [0.717, 1.165) is 6.07 Å². The molecule has 2 aromatic rings. The number of nitrogens with one attached hydrogen (secondary N) is 1. The first kappa shape index (κ1) is 15.1. The van der Waals surface area contributed by atoms with E-state index in [2.05, 4.69) is 4.72 Å². The summed E-state index contributed by atoms with van der Waals surface area (Å²) in [5.74, 6) is -1.68. The summed E-state index contributed by atoms with van der Waals surface area (Å²) in [7, 11) is -3.88. The van der Waals surface area contributed by atoms with Gasteiger partial charge in [0, 0.05) is 12.6 Å². The molecule has 0 spiro atoms. The van der Waals surface area contributed by atoms with E-state index < -0.39 is 21.8 Å². The van der Waals surface area contributed by atoms with E-state index in [9.17, 15) is 13.2 Å². The van der Waals surface area contributed by atoms with Crippen molar-refractivity contribution in [2.24, 2.45) is 0 Å². The molecular formula is C13H13NO6S. The molecule has 0 aliphatic heterocycles. The number of benzene rings is 1. The predicted molar refractivity (Wildman–Crippen MR) is 72.5 cm³/mol. The van der Waals surface area contributed by atoms with Gasteiger partial charge in [0.15, 0.2) is 0 Å². The number of aromatic carboxylic acids is 1. The number of aromatic hydroxyl groups is 1. The van der Waals surface area contributed by atoms with Crippen LogP contribution in [0.25, 0.3) is 0 Å². The summed E-state index contributed by atoms with van der Waals surface area (Å²) in [6.07, 6.45) is 0. The molecule has 7 nitrogen and oxygen atoms in total. The third-order valence-corrected chi connectivity index (χ3v) is 4.28. The van der Waals surface area contributed by atoms with E-state index >= 15 is 0 Å². The Morgan fingerprint density at radius 2 is 1.90 bits per heavy atom. The highest BCUT2D eigenvalue weighted by molar-refractivity contribution is 7.89. The first-order valence-corrected chi connectivity index (χ1v) is 7.39. The molecular weight excluding hydrogens is 298 g/mol. The highest BCUT2D eigenvalue weighted by Crippen LogP contribution is 2.20. The fraction of sp³-hybridized carbons (Fsp3) is 0.154. The van der Waals surface area contributed by atoms with Crippen LogP contribution in [0.4, 0.5) is 0 Å². The number of furan rings is 1. The number of rotatable bonds is 5. The minimum atomic E-state index is -3.88. The zero-order chi connectivity index (χ0) is 15.6. The van der Waals surface area contributed by atoms with Crippen LogP contribution >= 0.6 is 0 Å². The Balaban J connectivity index is 2.18. The summed E-state index contributed by atoms with van der Waals surface area (Å²) < 4.78 is 31.5. The molecule has 0 atom stereocenters. The standard InChI is InChI=1S/C13H13NO6S/c1-8-12(6-11(20-8)13(16)17)21(18,19)14-7-9-2-4-10(15)5-3-9/h2-6,14-15H,7H2,1H3,(H,16,17). The highest BCUT2D eigenvalue weighted by Gasteiger charge is 2.23. The van der Waals surface area contributed by atoms with Gasteiger partial charge in [-0.3, -0.25) is 0 Å². The average molecular weight is 311 g/mol. The number of carboxylic acid groups (broad SMARTS) is 1. The van der Waals surface area contributed by atoms with Gasteiger partial charge in [0.25, 0.3) is 0 Å². The summed E-state index contributed by atoms with van der Waals surface area (Å²) >= 11 is 0. The molecule has 0 aliphatic rings. The van der Waals surface area contributed by atoms with Crippen LogP contribution in [0.1, 0.15) is 21.9 Å². The highest BCUT2D eigenvalue weighted by atomic mass is 32.2. The Morgan fingerprint density at radius 3 is 2.43 bits per heavy atom. The van der Waals surface area contributed by atoms with Crippen molar-refractivity contribution >= 4 is 16.0 Å². The molecule has 0 saturated carbocycles. The normalized spacial score (nSPS) is 11.5. The second-order valence-electron chi connectivity index (χ2n) is 4.33. The van der Waals surface area contributed by atoms with Crippen LogP contribution in [0.15, 0.2) is 39.6 Å². The SMILES string of the molecule is Cc1oc(C(=O)O)cc1S(=O)(=O)NCc1ccc(O)cc1. The van der Waals surface area contributed by atoms with Crippen LogP contribution in [0.2, 0.25) is 0 Å². The number of phenolic OH excluding ortho intramolecular Hbond substituents is 1. The Labute approximate surface area is 120 Å². The Hall–Kier alpha value is -2.32. The number of hydrogen-bond acceptors (Lipinski definition) is 5. The lowest BCUT2D eigenvalue weighted by Crippen LogP contribution is -2.23. The zero-order valence-electron chi connectivity index (χ0n) is 11.0.